The molecule has 0 heterocycles. The molecule has 4 aromatic carbocycles. The van der Waals surface area contributed by atoms with E-state index in [-0.39, 0.29) is 6.42 Å². The highest BCUT2D eigenvalue weighted by atomic mass is 16.5. The molecule has 0 aliphatic heterocycles. The summed E-state index contributed by atoms with van der Waals surface area (Å²) in [6, 6.07) is 29.5. The van der Waals surface area contributed by atoms with Crippen LogP contribution in [0.4, 0.5) is 0 Å². The molecular formula is C29H23NO5. The minimum Gasteiger partial charge on any atom is -0.480 e. The summed E-state index contributed by atoms with van der Waals surface area (Å²) in [6.07, 6.45) is 0.912. The first kappa shape index (κ1) is 23.4. The average Bonchev–Trinajstić information content (AvgIpc) is 2.90. The summed E-state index contributed by atoms with van der Waals surface area (Å²) in [6.45, 7) is 0. The molecule has 1 amide bonds. The average molecular weight is 466 g/mol. The Labute approximate surface area is 202 Å². The number of aliphatic carboxylic acids is 1. The first-order chi connectivity index (χ1) is 17.0. The van der Waals surface area contributed by atoms with E-state index in [1.165, 1.54) is 0 Å². The molecule has 6 nitrogen and oxygen atoms in total. The number of carboxylic acids is 1. The zero-order chi connectivity index (χ0) is 24.6. The summed E-state index contributed by atoms with van der Waals surface area (Å²) >= 11 is 0. The Morgan fingerprint density at radius 1 is 0.771 bits per heavy atom. The van der Waals surface area contributed by atoms with Crippen molar-refractivity contribution < 1.29 is 24.2 Å². The van der Waals surface area contributed by atoms with Gasteiger partial charge in [-0.1, -0.05) is 54.6 Å². The number of nitrogens with one attached hydrogen (secondary N) is 1. The smallest absolute Gasteiger partial charge is 0.326 e. The molecule has 0 bridgehead atoms. The Morgan fingerprint density at radius 3 is 1.91 bits per heavy atom. The second-order valence-corrected chi connectivity index (χ2v) is 7.94. The normalized spacial score (nSPS) is 11.3. The molecule has 2 N–H and O–H groups in total. The molecule has 35 heavy (non-hydrogen) atoms. The number of ether oxygens (including phenoxy) is 1. The largest absolute Gasteiger partial charge is 0.480 e. The third-order valence-electron chi connectivity index (χ3n) is 5.47. The number of hydrogen-bond acceptors (Lipinski definition) is 4. The summed E-state index contributed by atoms with van der Waals surface area (Å²) in [7, 11) is 0. The molecule has 1 atom stereocenters. The van der Waals surface area contributed by atoms with E-state index in [0.29, 0.717) is 22.6 Å². The number of rotatable bonds is 9. The highest BCUT2D eigenvalue weighted by Crippen LogP contribution is 2.22. The molecule has 0 aliphatic carbocycles. The van der Waals surface area contributed by atoms with Gasteiger partial charge in [0.2, 0.25) is 0 Å². The van der Waals surface area contributed by atoms with E-state index >= 15 is 0 Å². The lowest BCUT2D eigenvalue weighted by molar-refractivity contribution is -0.139. The fraction of sp³-hybridized carbons (Fsp3) is 0.0690. The standard InChI is InChI=1S/C29H23NO5/c31-19-21-8-14-25(15-9-21)35-26-16-12-24(13-17-26)28(32)30-27(29(33)34)18-20-6-10-23(11-7-20)22-4-2-1-3-5-22/h1-17,19,27H,18H2,(H,30,32)(H,33,34). The van der Waals surface area contributed by atoms with Crippen LogP contribution in [0, 0.1) is 0 Å². The van der Waals surface area contributed by atoms with Crippen molar-refractivity contribution in [3.05, 3.63) is 120 Å². The third kappa shape index (κ3) is 6.21. The fourth-order valence-corrected chi connectivity index (χ4v) is 3.57. The second-order valence-electron chi connectivity index (χ2n) is 7.94. The van der Waals surface area contributed by atoms with Gasteiger partial charge >= 0.3 is 5.97 Å². The monoisotopic (exact) mass is 465 g/mol. The number of amides is 1. The predicted molar refractivity (Wildman–Crippen MR) is 133 cm³/mol. The predicted octanol–water partition coefficient (Wildman–Crippen LogP) is 5.38. The van der Waals surface area contributed by atoms with E-state index in [4.69, 9.17) is 4.74 Å². The molecule has 0 saturated heterocycles. The Bertz CT molecular complexity index is 1300. The Hall–Kier alpha value is -4.71. The molecule has 0 aliphatic rings. The maximum absolute atomic E-state index is 12.7. The molecule has 4 aromatic rings. The van der Waals surface area contributed by atoms with E-state index in [9.17, 15) is 19.5 Å². The van der Waals surface area contributed by atoms with Crippen LogP contribution in [0.25, 0.3) is 11.1 Å². The molecule has 1 unspecified atom stereocenters. The summed E-state index contributed by atoms with van der Waals surface area (Å²) in [5, 5.41) is 12.2. The van der Waals surface area contributed by atoms with Crippen molar-refractivity contribution in [3.8, 4) is 22.6 Å². The number of benzene rings is 4. The van der Waals surface area contributed by atoms with Crippen molar-refractivity contribution in [2.45, 2.75) is 12.5 Å². The summed E-state index contributed by atoms with van der Waals surface area (Å²) < 4.78 is 5.71. The molecule has 4 rings (SSSR count). The summed E-state index contributed by atoms with van der Waals surface area (Å²) in [4.78, 5) is 35.2. The number of aldehydes is 1. The highest BCUT2D eigenvalue weighted by Gasteiger charge is 2.21. The number of hydrogen-bond donors (Lipinski definition) is 2. The molecular weight excluding hydrogens is 442 g/mol. The van der Waals surface area contributed by atoms with Crippen molar-refractivity contribution in [2.24, 2.45) is 0 Å². The first-order valence-corrected chi connectivity index (χ1v) is 11.0. The van der Waals surface area contributed by atoms with Gasteiger partial charge in [0.05, 0.1) is 0 Å². The minimum absolute atomic E-state index is 0.161. The van der Waals surface area contributed by atoms with Crippen LogP contribution >= 0.6 is 0 Å². The van der Waals surface area contributed by atoms with Gasteiger partial charge in [0.1, 0.15) is 23.8 Å². The topological polar surface area (TPSA) is 92.7 Å². The maximum atomic E-state index is 12.7. The molecule has 0 saturated carbocycles. The summed E-state index contributed by atoms with van der Waals surface area (Å²) in [5.74, 6) is -0.532. The van der Waals surface area contributed by atoms with Crippen molar-refractivity contribution in [3.63, 3.8) is 0 Å². The van der Waals surface area contributed by atoms with Crippen LogP contribution in [0.1, 0.15) is 26.3 Å². The van der Waals surface area contributed by atoms with E-state index in [0.717, 1.165) is 23.0 Å². The maximum Gasteiger partial charge on any atom is 0.326 e. The number of carbonyl (C=O) groups excluding carboxylic acids is 2. The van der Waals surface area contributed by atoms with Crippen LogP contribution in [-0.4, -0.2) is 29.3 Å². The van der Waals surface area contributed by atoms with Crippen molar-refractivity contribution in [1.82, 2.24) is 5.32 Å². The van der Waals surface area contributed by atoms with E-state index in [1.807, 2.05) is 54.6 Å². The number of carboxylic acid groups (broad SMARTS) is 1. The SMILES string of the molecule is O=Cc1ccc(Oc2ccc(C(=O)NC(Cc3ccc(-c4ccccc4)cc3)C(=O)O)cc2)cc1. The van der Waals surface area contributed by atoms with Gasteiger partial charge in [0.25, 0.3) is 5.91 Å². The van der Waals surface area contributed by atoms with Crippen molar-refractivity contribution in [1.29, 1.82) is 0 Å². The van der Waals surface area contributed by atoms with Crippen molar-refractivity contribution >= 4 is 18.2 Å². The molecule has 0 spiro atoms. The van der Waals surface area contributed by atoms with Crippen LogP contribution in [0.2, 0.25) is 0 Å². The molecule has 0 radical (unpaired) electrons. The van der Waals surface area contributed by atoms with Gasteiger partial charge in [-0.05, 0) is 65.2 Å². The van der Waals surface area contributed by atoms with Gasteiger partial charge < -0.3 is 15.2 Å². The summed E-state index contributed by atoms with van der Waals surface area (Å²) in [5.41, 5.74) is 3.78. The van der Waals surface area contributed by atoms with E-state index in [1.54, 1.807) is 48.5 Å². The van der Waals surface area contributed by atoms with Crippen LogP contribution in [-0.2, 0) is 11.2 Å². The third-order valence-corrected chi connectivity index (χ3v) is 5.47. The van der Waals surface area contributed by atoms with Gasteiger partial charge in [-0.25, -0.2) is 4.79 Å². The molecule has 0 aromatic heterocycles. The quantitative estimate of drug-likeness (QED) is 0.324. The lowest BCUT2D eigenvalue weighted by atomic mass is 10.0. The van der Waals surface area contributed by atoms with Gasteiger partial charge in [-0.15, -0.1) is 0 Å². The van der Waals surface area contributed by atoms with E-state index in [2.05, 4.69) is 5.32 Å². The van der Waals surface area contributed by atoms with Gasteiger partial charge in [0.15, 0.2) is 0 Å². The van der Waals surface area contributed by atoms with Gasteiger partial charge in [-0.3, -0.25) is 9.59 Å². The lowest BCUT2D eigenvalue weighted by Crippen LogP contribution is -2.42. The fourth-order valence-electron chi connectivity index (χ4n) is 3.57. The minimum atomic E-state index is -1.11. The molecule has 6 heteroatoms. The Kier molecular flexibility index (Phi) is 7.33. The highest BCUT2D eigenvalue weighted by molar-refractivity contribution is 5.96. The van der Waals surface area contributed by atoms with Crippen LogP contribution in [0.3, 0.4) is 0 Å². The number of carbonyl (C=O) groups is 3. The Morgan fingerprint density at radius 2 is 1.34 bits per heavy atom. The van der Waals surface area contributed by atoms with Gasteiger partial charge in [0, 0.05) is 17.5 Å². The van der Waals surface area contributed by atoms with Crippen LogP contribution in [0.15, 0.2) is 103 Å². The van der Waals surface area contributed by atoms with Crippen LogP contribution in [0.5, 0.6) is 11.5 Å². The Balaban J connectivity index is 1.38. The van der Waals surface area contributed by atoms with Crippen molar-refractivity contribution in [2.75, 3.05) is 0 Å². The zero-order valence-electron chi connectivity index (χ0n) is 18.8. The molecule has 174 valence electrons. The zero-order valence-corrected chi connectivity index (χ0v) is 18.8. The van der Waals surface area contributed by atoms with Gasteiger partial charge in [-0.2, -0.15) is 0 Å². The molecule has 0 fully saturated rings. The van der Waals surface area contributed by atoms with Crippen LogP contribution < -0.4 is 10.1 Å². The first-order valence-electron chi connectivity index (χ1n) is 11.0. The second kappa shape index (κ2) is 10.9. The van der Waals surface area contributed by atoms with E-state index < -0.39 is 17.9 Å². The lowest BCUT2D eigenvalue weighted by Gasteiger charge is -2.15.